The monoisotopic (exact) mass is 322 g/mol. The predicted octanol–water partition coefficient (Wildman–Crippen LogP) is 4.98. The number of ether oxygens (including phenoxy) is 1. The van der Waals surface area contributed by atoms with Gasteiger partial charge in [0.2, 0.25) is 0 Å². The van der Waals surface area contributed by atoms with Crippen LogP contribution in [-0.4, -0.2) is 19.3 Å². The Morgan fingerprint density at radius 3 is 2.04 bits per heavy atom. The lowest BCUT2D eigenvalue weighted by molar-refractivity contribution is -0.180. The molecule has 0 aromatic heterocycles. The van der Waals surface area contributed by atoms with Gasteiger partial charge in [-0.25, -0.2) is 4.79 Å². The number of hydrogen-bond donors (Lipinski definition) is 0. The fraction of sp³-hybridized carbons (Fsp3) is 0.278. The first-order chi connectivity index (χ1) is 10.7. The van der Waals surface area contributed by atoms with E-state index in [9.17, 15) is 18.0 Å². The van der Waals surface area contributed by atoms with E-state index in [1.807, 2.05) is 0 Å². The van der Waals surface area contributed by atoms with Crippen molar-refractivity contribution in [2.45, 2.75) is 25.4 Å². The molecule has 2 rings (SSSR count). The lowest BCUT2D eigenvalue weighted by Crippen LogP contribution is -2.36. The highest BCUT2D eigenvalue weighted by Crippen LogP contribution is 2.40. The smallest absolute Gasteiger partial charge is 0.397 e. The second kappa shape index (κ2) is 6.07. The summed E-state index contributed by atoms with van der Waals surface area (Å²) in [5, 5.41) is 0. The molecule has 0 saturated carbocycles. The van der Waals surface area contributed by atoms with Crippen molar-refractivity contribution in [2.24, 2.45) is 0 Å². The summed E-state index contributed by atoms with van der Waals surface area (Å²) in [5.74, 6) is -0.486. The average molecular weight is 322 g/mol. The zero-order valence-electron chi connectivity index (χ0n) is 13.1. The van der Waals surface area contributed by atoms with Crippen molar-refractivity contribution in [2.75, 3.05) is 7.11 Å². The molecule has 0 saturated heterocycles. The fourth-order valence-corrected chi connectivity index (χ4v) is 2.25. The van der Waals surface area contributed by atoms with Gasteiger partial charge in [0.1, 0.15) is 0 Å². The van der Waals surface area contributed by atoms with Crippen LogP contribution in [0.2, 0.25) is 0 Å². The van der Waals surface area contributed by atoms with E-state index < -0.39 is 17.6 Å². The van der Waals surface area contributed by atoms with E-state index in [-0.39, 0.29) is 5.56 Å². The first kappa shape index (κ1) is 17.1. The quantitative estimate of drug-likeness (QED) is 0.745. The van der Waals surface area contributed by atoms with Gasteiger partial charge in [-0.3, -0.25) is 0 Å². The van der Waals surface area contributed by atoms with Crippen molar-refractivity contribution in [3.8, 4) is 11.1 Å². The minimum atomic E-state index is -4.33. The predicted molar refractivity (Wildman–Crippen MR) is 82.3 cm³/mol. The number of esters is 1. The minimum Gasteiger partial charge on any atom is -0.465 e. The maximum Gasteiger partial charge on any atom is 0.397 e. The molecule has 0 radical (unpaired) electrons. The summed E-state index contributed by atoms with van der Waals surface area (Å²) in [6.07, 6.45) is -4.33. The van der Waals surface area contributed by atoms with Crippen LogP contribution < -0.4 is 0 Å². The number of rotatable bonds is 3. The van der Waals surface area contributed by atoms with E-state index in [1.54, 1.807) is 36.4 Å². The number of carbonyl (C=O) groups excluding carboxylic acids is 1. The molecule has 0 heterocycles. The van der Waals surface area contributed by atoms with Crippen molar-refractivity contribution in [1.29, 1.82) is 0 Å². The van der Waals surface area contributed by atoms with Crippen LogP contribution in [0.1, 0.15) is 29.8 Å². The Bertz CT molecular complexity index is 701. The van der Waals surface area contributed by atoms with Gasteiger partial charge in [0.05, 0.1) is 18.1 Å². The minimum absolute atomic E-state index is 0.171. The lowest BCUT2D eigenvalue weighted by Gasteiger charge is -2.28. The standard InChI is InChI=1S/C18H17F3O2/c1-17(2,18(19,20)21)13-10-8-12(9-11-13)14-6-4-5-7-15(14)16(22)23-3/h4-11H,1-3H3. The van der Waals surface area contributed by atoms with Gasteiger partial charge in [-0.05, 0) is 36.6 Å². The Morgan fingerprint density at radius 2 is 1.52 bits per heavy atom. The van der Waals surface area contributed by atoms with Crippen LogP contribution in [0.3, 0.4) is 0 Å². The number of benzene rings is 2. The summed E-state index contributed by atoms with van der Waals surface area (Å²) < 4.78 is 44.0. The highest BCUT2D eigenvalue weighted by Gasteiger charge is 2.48. The van der Waals surface area contributed by atoms with Crippen molar-refractivity contribution < 1.29 is 22.7 Å². The topological polar surface area (TPSA) is 26.3 Å². The number of methoxy groups -OCH3 is 1. The summed E-state index contributed by atoms with van der Waals surface area (Å²) >= 11 is 0. The van der Waals surface area contributed by atoms with E-state index in [0.29, 0.717) is 16.7 Å². The van der Waals surface area contributed by atoms with Crippen LogP contribution in [0, 0.1) is 0 Å². The molecule has 0 unspecified atom stereocenters. The molecule has 2 nitrogen and oxygen atoms in total. The molecule has 0 aliphatic carbocycles. The summed E-state index contributed by atoms with van der Waals surface area (Å²) in [5.41, 5.74) is -0.113. The number of carbonyl (C=O) groups is 1. The molecule has 0 fully saturated rings. The van der Waals surface area contributed by atoms with Crippen LogP contribution >= 0.6 is 0 Å². The normalized spacial score (nSPS) is 12.1. The second-order valence-electron chi connectivity index (χ2n) is 5.74. The first-order valence-corrected chi connectivity index (χ1v) is 7.03. The molecule has 122 valence electrons. The van der Waals surface area contributed by atoms with Gasteiger partial charge >= 0.3 is 12.1 Å². The Morgan fingerprint density at radius 1 is 0.957 bits per heavy atom. The third kappa shape index (κ3) is 3.23. The zero-order valence-corrected chi connectivity index (χ0v) is 13.1. The van der Waals surface area contributed by atoms with Gasteiger partial charge < -0.3 is 4.74 Å². The summed E-state index contributed by atoms with van der Waals surface area (Å²) in [6, 6.07) is 12.9. The molecule has 0 amide bonds. The third-order valence-corrected chi connectivity index (χ3v) is 3.96. The van der Waals surface area contributed by atoms with Gasteiger partial charge in [-0.2, -0.15) is 13.2 Å². The number of halogens is 3. The summed E-state index contributed by atoms with van der Waals surface area (Å²) in [7, 11) is 1.29. The van der Waals surface area contributed by atoms with E-state index in [4.69, 9.17) is 4.74 Å². The van der Waals surface area contributed by atoms with Crippen LogP contribution in [0.15, 0.2) is 48.5 Å². The molecule has 5 heteroatoms. The van der Waals surface area contributed by atoms with Gasteiger partial charge in [0, 0.05) is 0 Å². The molecule has 0 aliphatic heterocycles. The summed E-state index contributed by atoms with van der Waals surface area (Å²) in [6.45, 7) is 2.29. The molecule has 0 atom stereocenters. The third-order valence-electron chi connectivity index (χ3n) is 3.96. The van der Waals surface area contributed by atoms with Crippen LogP contribution in [0.4, 0.5) is 13.2 Å². The molecule has 0 N–H and O–H groups in total. The molecule has 23 heavy (non-hydrogen) atoms. The fourth-order valence-electron chi connectivity index (χ4n) is 2.25. The zero-order chi connectivity index (χ0) is 17.3. The van der Waals surface area contributed by atoms with Crippen LogP contribution in [-0.2, 0) is 10.2 Å². The molecule has 0 aliphatic rings. The van der Waals surface area contributed by atoms with Crippen molar-refractivity contribution in [3.05, 3.63) is 59.7 Å². The Balaban J connectivity index is 2.44. The maximum atomic E-state index is 13.1. The Kier molecular flexibility index (Phi) is 4.50. The van der Waals surface area contributed by atoms with Crippen molar-refractivity contribution in [1.82, 2.24) is 0 Å². The molecule has 0 spiro atoms. The maximum absolute atomic E-state index is 13.1. The lowest BCUT2D eigenvalue weighted by atomic mass is 9.83. The highest BCUT2D eigenvalue weighted by atomic mass is 19.4. The van der Waals surface area contributed by atoms with E-state index >= 15 is 0 Å². The van der Waals surface area contributed by atoms with Gasteiger partial charge in [-0.1, -0.05) is 42.5 Å². The van der Waals surface area contributed by atoms with Crippen molar-refractivity contribution in [3.63, 3.8) is 0 Å². The Hall–Kier alpha value is -2.30. The number of alkyl halides is 3. The molecule has 2 aromatic rings. The highest BCUT2D eigenvalue weighted by molar-refractivity contribution is 5.97. The average Bonchev–Trinajstić information content (AvgIpc) is 2.53. The molecular weight excluding hydrogens is 305 g/mol. The SMILES string of the molecule is COC(=O)c1ccccc1-c1ccc(C(C)(C)C(F)(F)F)cc1. The van der Waals surface area contributed by atoms with Gasteiger partial charge in [0.25, 0.3) is 0 Å². The molecule has 2 aromatic carbocycles. The largest absolute Gasteiger partial charge is 0.465 e. The number of hydrogen-bond acceptors (Lipinski definition) is 2. The van der Waals surface area contributed by atoms with Crippen LogP contribution in [0.5, 0.6) is 0 Å². The Labute approximate surface area is 132 Å². The molecular formula is C18H17F3O2. The van der Waals surface area contributed by atoms with E-state index in [1.165, 1.54) is 19.2 Å². The van der Waals surface area contributed by atoms with E-state index in [0.717, 1.165) is 13.8 Å². The first-order valence-electron chi connectivity index (χ1n) is 7.03. The molecule has 0 bridgehead atoms. The second-order valence-corrected chi connectivity index (χ2v) is 5.74. The van der Waals surface area contributed by atoms with E-state index in [2.05, 4.69) is 0 Å². The van der Waals surface area contributed by atoms with Gasteiger partial charge in [0.15, 0.2) is 0 Å². The summed E-state index contributed by atoms with van der Waals surface area (Å²) in [4.78, 5) is 11.8. The van der Waals surface area contributed by atoms with Gasteiger partial charge in [-0.15, -0.1) is 0 Å². The van der Waals surface area contributed by atoms with Crippen LogP contribution in [0.25, 0.3) is 11.1 Å². The van der Waals surface area contributed by atoms with Crippen molar-refractivity contribution >= 4 is 5.97 Å².